The third-order valence-electron chi connectivity index (χ3n) is 4.62. The molecule has 0 atom stereocenters. The van der Waals surface area contributed by atoms with Gasteiger partial charge in [0.25, 0.3) is 0 Å². The number of sulfonamides is 1. The van der Waals surface area contributed by atoms with E-state index in [1.165, 1.54) is 40.7 Å². The van der Waals surface area contributed by atoms with Crippen LogP contribution < -0.4 is 0 Å². The molecule has 0 saturated carbocycles. The smallest absolute Gasteiger partial charge is 0.309 e. The van der Waals surface area contributed by atoms with Crippen molar-refractivity contribution >= 4 is 39.2 Å². The molecule has 0 aromatic heterocycles. The molecule has 2 aromatic rings. The van der Waals surface area contributed by atoms with Crippen molar-refractivity contribution in [2.75, 3.05) is 13.1 Å². The van der Waals surface area contributed by atoms with Gasteiger partial charge in [0, 0.05) is 23.7 Å². The Morgan fingerprint density at radius 3 is 2.36 bits per heavy atom. The largest absolute Gasteiger partial charge is 0.461 e. The van der Waals surface area contributed by atoms with Crippen molar-refractivity contribution in [3.05, 3.63) is 63.9 Å². The van der Waals surface area contributed by atoms with Gasteiger partial charge in [0.05, 0.1) is 15.8 Å². The average Bonchev–Trinajstić information content (AvgIpc) is 2.67. The predicted molar refractivity (Wildman–Crippen MR) is 104 cm³/mol. The van der Waals surface area contributed by atoms with Crippen LogP contribution in [0.5, 0.6) is 0 Å². The van der Waals surface area contributed by atoms with E-state index >= 15 is 0 Å². The van der Waals surface area contributed by atoms with Crippen molar-refractivity contribution in [2.45, 2.75) is 24.3 Å². The second-order valence-corrected chi connectivity index (χ2v) is 9.26. The van der Waals surface area contributed by atoms with E-state index in [4.69, 9.17) is 27.9 Å². The van der Waals surface area contributed by atoms with Gasteiger partial charge in [-0.15, -0.1) is 0 Å². The third kappa shape index (κ3) is 4.84. The normalized spacial score (nSPS) is 16.1. The second kappa shape index (κ2) is 8.78. The van der Waals surface area contributed by atoms with Gasteiger partial charge in [0.2, 0.25) is 10.0 Å². The standard InChI is InChI=1S/C19H18Cl2FNO4S/c20-15-2-5-17(6-3-15)28(25,26)23-9-7-13(8-10-23)19(24)27-12-14-1-4-16(22)11-18(14)21/h1-6,11,13H,7-10,12H2. The minimum absolute atomic E-state index is 0.0543. The van der Waals surface area contributed by atoms with Crippen molar-refractivity contribution in [2.24, 2.45) is 5.92 Å². The molecular formula is C19H18Cl2FNO4S. The SMILES string of the molecule is O=C(OCc1ccc(F)cc1Cl)C1CCN(S(=O)(=O)c2ccc(Cl)cc2)CC1. The summed E-state index contributed by atoms with van der Waals surface area (Å²) in [5, 5.41) is 0.651. The number of esters is 1. The Morgan fingerprint density at radius 2 is 1.75 bits per heavy atom. The molecular weight excluding hydrogens is 428 g/mol. The Hall–Kier alpha value is -1.67. The van der Waals surface area contributed by atoms with Crippen molar-refractivity contribution < 1.29 is 22.3 Å². The second-order valence-electron chi connectivity index (χ2n) is 6.48. The summed E-state index contributed by atoms with van der Waals surface area (Å²) in [6.07, 6.45) is 0.728. The number of carbonyl (C=O) groups excluding carboxylic acids is 1. The van der Waals surface area contributed by atoms with Gasteiger partial charge in [-0.1, -0.05) is 29.3 Å². The van der Waals surface area contributed by atoms with Gasteiger partial charge in [-0.25, -0.2) is 12.8 Å². The number of hydrogen-bond donors (Lipinski definition) is 0. The van der Waals surface area contributed by atoms with E-state index in [2.05, 4.69) is 0 Å². The molecule has 150 valence electrons. The molecule has 1 aliphatic heterocycles. The first-order valence-electron chi connectivity index (χ1n) is 8.63. The zero-order chi connectivity index (χ0) is 20.3. The number of hydrogen-bond acceptors (Lipinski definition) is 4. The zero-order valence-corrected chi connectivity index (χ0v) is 17.1. The Morgan fingerprint density at radius 1 is 1.11 bits per heavy atom. The number of nitrogens with zero attached hydrogens (tertiary/aromatic N) is 1. The lowest BCUT2D eigenvalue weighted by Crippen LogP contribution is -2.40. The molecule has 0 radical (unpaired) electrons. The van der Waals surface area contributed by atoms with Crippen LogP contribution in [-0.2, 0) is 26.2 Å². The molecule has 5 nitrogen and oxygen atoms in total. The van der Waals surface area contributed by atoms with Crippen LogP contribution >= 0.6 is 23.2 Å². The molecule has 1 saturated heterocycles. The van der Waals surface area contributed by atoms with E-state index < -0.39 is 27.7 Å². The fourth-order valence-corrected chi connectivity index (χ4v) is 4.81. The number of halogens is 3. The Bertz CT molecular complexity index is 958. The van der Waals surface area contributed by atoms with Crippen LogP contribution in [0, 0.1) is 11.7 Å². The maximum Gasteiger partial charge on any atom is 0.309 e. The molecule has 0 amide bonds. The molecule has 1 heterocycles. The summed E-state index contributed by atoms with van der Waals surface area (Å²) in [7, 11) is -3.62. The van der Waals surface area contributed by atoms with Gasteiger partial charge in [0.1, 0.15) is 12.4 Å². The van der Waals surface area contributed by atoms with Crippen LogP contribution in [0.4, 0.5) is 4.39 Å². The lowest BCUT2D eigenvalue weighted by molar-refractivity contribution is -0.151. The first kappa shape index (κ1) is 21.0. The maximum atomic E-state index is 13.1. The van der Waals surface area contributed by atoms with Crippen LogP contribution in [0.1, 0.15) is 18.4 Å². The zero-order valence-electron chi connectivity index (χ0n) is 14.8. The lowest BCUT2D eigenvalue weighted by atomic mass is 9.98. The molecule has 0 spiro atoms. The highest BCUT2D eigenvalue weighted by atomic mass is 35.5. The summed E-state index contributed by atoms with van der Waals surface area (Å²) in [5.74, 6) is -1.27. The van der Waals surface area contributed by atoms with Crippen molar-refractivity contribution in [3.8, 4) is 0 Å². The average molecular weight is 446 g/mol. The summed E-state index contributed by atoms with van der Waals surface area (Å²) in [4.78, 5) is 12.5. The van der Waals surface area contributed by atoms with Crippen LogP contribution in [0.25, 0.3) is 0 Å². The summed E-state index contributed by atoms with van der Waals surface area (Å²) < 4.78 is 45.0. The Labute approximate surface area is 173 Å². The summed E-state index contributed by atoms with van der Waals surface area (Å²) in [5.41, 5.74) is 0.513. The molecule has 28 heavy (non-hydrogen) atoms. The summed E-state index contributed by atoms with van der Waals surface area (Å²) in [6, 6.07) is 9.85. The number of carbonyl (C=O) groups is 1. The van der Waals surface area contributed by atoms with Crippen LogP contribution in [0.15, 0.2) is 47.4 Å². The molecule has 0 N–H and O–H groups in total. The van der Waals surface area contributed by atoms with E-state index in [-0.39, 0.29) is 29.6 Å². The van der Waals surface area contributed by atoms with Crippen LogP contribution in [-0.4, -0.2) is 31.8 Å². The van der Waals surface area contributed by atoms with Gasteiger partial charge in [-0.3, -0.25) is 4.79 Å². The van der Waals surface area contributed by atoms with Gasteiger partial charge < -0.3 is 4.74 Å². The Balaban J connectivity index is 1.55. The van der Waals surface area contributed by atoms with Crippen LogP contribution in [0.2, 0.25) is 10.0 Å². The van der Waals surface area contributed by atoms with Crippen molar-refractivity contribution in [1.29, 1.82) is 0 Å². The first-order valence-corrected chi connectivity index (χ1v) is 10.8. The molecule has 9 heteroatoms. The summed E-state index contributed by atoms with van der Waals surface area (Å²) in [6.45, 7) is 0.394. The van der Waals surface area contributed by atoms with Crippen molar-refractivity contribution in [3.63, 3.8) is 0 Å². The molecule has 1 fully saturated rings. The number of benzene rings is 2. The first-order chi connectivity index (χ1) is 13.3. The summed E-state index contributed by atoms with van der Waals surface area (Å²) >= 11 is 11.7. The molecule has 1 aliphatic rings. The fraction of sp³-hybridized carbons (Fsp3) is 0.316. The van der Waals surface area contributed by atoms with Crippen molar-refractivity contribution in [1.82, 2.24) is 4.31 Å². The fourth-order valence-electron chi connectivity index (χ4n) is 2.99. The van der Waals surface area contributed by atoms with E-state index in [9.17, 15) is 17.6 Å². The minimum atomic E-state index is -3.62. The highest BCUT2D eigenvalue weighted by molar-refractivity contribution is 7.89. The number of ether oxygens (including phenoxy) is 1. The minimum Gasteiger partial charge on any atom is -0.461 e. The molecule has 3 rings (SSSR count). The van der Waals surface area contributed by atoms with Gasteiger partial charge in [-0.05, 0) is 49.2 Å². The van der Waals surface area contributed by atoms with E-state index in [0.29, 0.717) is 23.4 Å². The number of piperidine rings is 1. The van der Waals surface area contributed by atoms with Gasteiger partial charge in [0.15, 0.2) is 0 Å². The lowest BCUT2D eigenvalue weighted by Gasteiger charge is -2.30. The third-order valence-corrected chi connectivity index (χ3v) is 7.14. The monoisotopic (exact) mass is 445 g/mol. The molecule has 0 unspecified atom stereocenters. The van der Waals surface area contributed by atoms with Gasteiger partial charge in [-0.2, -0.15) is 4.31 Å². The molecule has 0 bridgehead atoms. The van der Waals surface area contributed by atoms with E-state index in [1.54, 1.807) is 0 Å². The van der Waals surface area contributed by atoms with E-state index in [0.717, 1.165) is 6.07 Å². The molecule has 0 aliphatic carbocycles. The quantitative estimate of drug-likeness (QED) is 0.644. The van der Waals surface area contributed by atoms with Crippen LogP contribution in [0.3, 0.4) is 0 Å². The highest BCUT2D eigenvalue weighted by Gasteiger charge is 2.32. The number of rotatable bonds is 5. The maximum absolute atomic E-state index is 13.1. The topological polar surface area (TPSA) is 63.7 Å². The Kier molecular flexibility index (Phi) is 6.60. The van der Waals surface area contributed by atoms with Gasteiger partial charge >= 0.3 is 5.97 Å². The highest BCUT2D eigenvalue weighted by Crippen LogP contribution is 2.26. The predicted octanol–water partition coefficient (Wildman–Crippen LogP) is 4.28. The molecule has 2 aromatic carbocycles. The van der Waals surface area contributed by atoms with E-state index in [1.807, 2.05) is 0 Å².